The zero-order chi connectivity index (χ0) is 16.6. The molecular weight excluding hydrogens is 284 g/mol. The van der Waals surface area contributed by atoms with Crippen molar-refractivity contribution in [2.45, 2.75) is 27.7 Å². The number of carbonyl (C=O) groups is 1. The van der Waals surface area contributed by atoms with Gasteiger partial charge >= 0.3 is 5.82 Å². The van der Waals surface area contributed by atoms with Crippen molar-refractivity contribution in [2.24, 2.45) is 0 Å². The lowest BCUT2D eigenvalue weighted by molar-refractivity contribution is -0.597. The van der Waals surface area contributed by atoms with Crippen molar-refractivity contribution in [3.8, 4) is 11.4 Å². The Balaban J connectivity index is 2.29. The van der Waals surface area contributed by atoms with Gasteiger partial charge in [0.2, 0.25) is 6.29 Å². The number of imidazole rings is 1. The van der Waals surface area contributed by atoms with E-state index < -0.39 is 0 Å². The molecule has 1 heterocycles. The van der Waals surface area contributed by atoms with Crippen molar-refractivity contribution in [1.29, 1.82) is 0 Å². The quantitative estimate of drug-likeness (QED) is 0.534. The predicted octanol–water partition coefficient (Wildman–Crippen LogP) is 3.80. The summed E-state index contributed by atoms with van der Waals surface area (Å²) in [6.07, 6.45) is 4.85. The van der Waals surface area contributed by atoms with Crippen LogP contribution in [-0.2, 0) is 0 Å². The predicted molar refractivity (Wildman–Crippen MR) is 91.6 cm³/mol. The summed E-state index contributed by atoms with van der Waals surface area (Å²) in [6.45, 7) is 8.28. The smallest absolute Gasteiger partial charge is 0.289 e. The average Bonchev–Trinajstić information content (AvgIpc) is 2.90. The Hall–Kier alpha value is -2.68. The molecule has 0 atom stereocenters. The maximum absolute atomic E-state index is 11.9. The number of carbonyl (C=O) groups excluding carboxylic acids is 1. The van der Waals surface area contributed by atoms with E-state index in [-0.39, 0.29) is 0 Å². The lowest BCUT2D eigenvalue weighted by atomic mass is 10.1. The van der Waals surface area contributed by atoms with Gasteiger partial charge in [-0.3, -0.25) is 4.79 Å². The molecule has 0 aliphatic rings. The molecule has 0 radical (unpaired) electrons. The average molecular weight is 305 g/mol. The lowest BCUT2D eigenvalue weighted by Crippen LogP contribution is -2.36. The van der Waals surface area contributed by atoms with Crippen molar-refractivity contribution in [3.05, 3.63) is 76.9 Å². The highest BCUT2D eigenvalue weighted by Crippen LogP contribution is 2.21. The molecule has 0 saturated heterocycles. The summed E-state index contributed by atoms with van der Waals surface area (Å²) in [5, 5.41) is 0. The van der Waals surface area contributed by atoms with Gasteiger partial charge in [-0.25, -0.2) is 0 Å². The van der Waals surface area contributed by atoms with Crippen LogP contribution in [0.3, 0.4) is 0 Å². The normalized spacial score (nSPS) is 10.8. The number of para-hydroxylation sites is 2. The van der Waals surface area contributed by atoms with Crippen LogP contribution in [0.25, 0.3) is 11.4 Å². The molecule has 23 heavy (non-hydrogen) atoms. The van der Waals surface area contributed by atoms with Gasteiger partial charge in [0.05, 0.1) is 0 Å². The van der Waals surface area contributed by atoms with Gasteiger partial charge in [-0.1, -0.05) is 36.4 Å². The van der Waals surface area contributed by atoms with Gasteiger partial charge in [0.25, 0.3) is 0 Å². The van der Waals surface area contributed by atoms with Gasteiger partial charge in [-0.2, -0.15) is 9.13 Å². The number of rotatable bonds is 3. The van der Waals surface area contributed by atoms with E-state index in [0.717, 1.165) is 39.9 Å². The Morgan fingerprint density at radius 2 is 1.39 bits per heavy atom. The summed E-state index contributed by atoms with van der Waals surface area (Å²) < 4.78 is 3.95. The summed E-state index contributed by atoms with van der Waals surface area (Å²) in [5.41, 5.74) is 6.74. The molecule has 0 amide bonds. The Kier molecular flexibility index (Phi) is 3.87. The van der Waals surface area contributed by atoms with E-state index >= 15 is 0 Å². The van der Waals surface area contributed by atoms with Gasteiger partial charge in [0.15, 0.2) is 0 Å². The van der Waals surface area contributed by atoms with E-state index in [4.69, 9.17) is 0 Å². The van der Waals surface area contributed by atoms with Crippen LogP contribution in [0.4, 0.5) is 0 Å². The first kappa shape index (κ1) is 15.2. The molecule has 3 aromatic rings. The summed E-state index contributed by atoms with van der Waals surface area (Å²) in [6, 6.07) is 12.4. The van der Waals surface area contributed by atoms with Crippen molar-refractivity contribution in [1.82, 2.24) is 4.57 Å². The maximum atomic E-state index is 11.9. The number of benzene rings is 2. The molecule has 0 bridgehead atoms. The summed E-state index contributed by atoms with van der Waals surface area (Å²) in [7, 11) is 0. The Morgan fingerprint density at radius 1 is 0.870 bits per heavy atom. The fourth-order valence-electron chi connectivity index (χ4n) is 3.27. The number of aldehydes is 1. The second-order valence-corrected chi connectivity index (χ2v) is 6.00. The first-order chi connectivity index (χ1) is 11.0. The zero-order valence-electron chi connectivity index (χ0n) is 14.0. The molecule has 3 nitrogen and oxygen atoms in total. The molecule has 3 rings (SSSR count). The fourth-order valence-corrected chi connectivity index (χ4v) is 3.27. The number of nitrogens with zero attached hydrogens (tertiary/aromatic N) is 2. The lowest BCUT2D eigenvalue weighted by Gasteiger charge is -2.08. The Morgan fingerprint density at radius 3 is 1.91 bits per heavy atom. The van der Waals surface area contributed by atoms with Crippen LogP contribution in [-0.4, -0.2) is 10.9 Å². The van der Waals surface area contributed by atoms with Gasteiger partial charge < -0.3 is 0 Å². The molecule has 0 spiro atoms. The highest BCUT2D eigenvalue weighted by Gasteiger charge is 2.24. The van der Waals surface area contributed by atoms with Crippen molar-refractivity contribution >= 4 is 6.29 Å². The van der Waals surface area contributed by atoms with E-state index in [9.17, 15) is 4.79 Å². The summed E-state index contributed by atoms with van der Waals surface area (Å²) >= 11 is 0. The minimum atomic E-state index is 0.625. The third-order valence-electron chi connectivity index (χ3n) is 4.32. The minimum Gasteiger partial charge on any atom is -0.289 e. The molecule has 0 unspecified atom stereocenters. The van der Waals surface area contributed by atoms with Crippen molar-refractivity contribution in [3.63, 3.8) is 0 Å². The van der Waals surface area contributed by atoms with Gasteiger partial charge in [0.1, 0.15) is 23.8 Å². The Labute approximate surface area is 136 Å². The Bertz CT molecular complexity index is 781. The second kappa shape index (κ2) is 5.84. The van der Waals surface area contributed by atoms with E-state index in [1.165, 1.54) is 0 Å². The molecule has 0 saturated carbocycles. The molecule has 2 aromatic carbocycles. The molecule has 3 heteroatoms. The van der Waals surface area contributed by atoms with Crippen LogP contribution in [0.5, 0.6) is 0 Å². The van der Waals surface area contributed by atoms with Crippen LogP contribution in [0.1, 0.15) is 32.9 Å². The molecule has 1 aromatic heterocycles. The number of aryl methyl sites for hydroxylation is 4. The topological polar surface area (TPSA) is 25.9 Å². The van der Waals surface area contributed by atoms with Crippen molar-refractivity contribution in [2.75, 3.05) is 0 Å². The van der Waals surface area contributed by atoms with Crippen molar-refractivity contribution < 1.29 is 9.36 Å². The van der Waals surface area contributed by atoms with E-state index in [1.54, 1.807) is 0 Å². The van der Waals surface area contributed by atoms with Crippen LogP contribution in [0, 0.1) is 27.7 Å². The standard InChI is InChI=1S/C20H21N2O/c1-14-7-5-8-15(2)19(14)21-11-12-22(18(21)13-23)20-16(3)9-6-10-17(20)4/h5-13H,1-4H3/q+1. The zero-order valence-corrected chi connectivity index (χ0v) is 14.0. The number of hydrogen-bond acceptors (Lipinski definition) is 1. The van der Waals surface area contributed by atoms with Crippen LogP contribution >= 0.6 is 0 Å². The largest absolute Gasteiger partial charge is 0.332 e. The summed E-state index contributed by atoms with van der Waals surface area (Å²) in [4.78, 5) is 11.9. The second-order valence-electron chi connectivity index (χ2n) is 6.00. The molecule has 0 N–H and O–H groups in total. The molecule has 0 fully saturated rings. The number of aromatic nitrogens is 2. The minimum absolute atomic E-state index is 0.625. The third-order valence-corrected chi connectivity index (χ3v) is 4.32. The molecule has 116 valence electrons. The molecule has 0 aliphatic carbocycles. The highest BCUT2D eigenvalue weighted by molar-refractivity contribution is 5.70. The van der Waals surface area contributed by atoms with E-state index in [1.807, 2.05) is 33.7 Å². The van der Waals surface area contributed by atoms with E-state index in [0.29, 0.717) is 5.82 Å². The summed E-state index contributed by atoms with van der Waals surface area (Å²) in [5.74, 6) is 0.625. The first-order valence-electron chi connectivity index (χ1n) is 7.76. The molecular formula is C20H21N2O+. The van der Waals surface area contributed by atoms with E-state index in [2.05, 4.69) is 52.0 Å². The third kappa shape index (κ3) is 2.48. The maximum Gasteiger partial charge on any atom is 0.332 e. The molecule has 0 aliphatic heterocycles. The number of hydrogen-bond donors (Lipinski definition) is 0. The fraction of sp³-hybridized carbons (Fsp3) is 0.200. The van der Waals surface area contributed by atoms with Crippen LogP contribution in [0.15, 0.2) is 48.8 Å². The monoisotopic (exact) mass is 305 g/mol. The van der Waals surface area contributed by atoms with Crippen LogP contribution < -0.4 is 4.57 Å². The van der Waals surface area contributed by atoms with Gasteiger partial charge in [-0.15, -0.1) is 0 Å². The van der Waals surface area contributed by atoms with Gasteiger partial charge in [0, 0.05) is 0 Å². The van der Waals surface area contributed by atoms with Gasteiger partial charge in [-0.05, 0) is 49.9 Å². The first-order valence-corrected chi connectivity index (χ1v) is 7.76. The SMILES string of the molecule is Cc1cccc(C)c1-n1cc[n+](-c2c(C)cccc2C)c1C=O. The highest BCUT2D eigenvalue weighted by atomic mass is 16.1. The van der Waals surface area contributed by atoms with Crippen LogP contribution in [0.2, 0.25) is 0 Å².